The predicted molar refractivity (Wildman–Crippen MR) is 156 cm³/mol. The smallest absolute Gasteiger partial charge is 0.412 e. The molecule has 0 saturated carbocycles. The molecule has 13 heteroatoms. The van der Waals surface area contributed by atoms with Crippen LogP contribution in [0.4, 0.5) is 14.9 Å². The molecule has 0 fully saturated rings. The molecular weight excluding hydrogens is 565 g/mol. The number of hydrogen-bond acceptors (Lipinski definition) is 11. The molecule has 218 valence electrons. The van der Waals surface area contributed by atoms with E-state index in [0.29, 0.717) is 43.6 Å². The molecule has 1 amide bonds. The number of nitrogens with one attached hydrogen (secondary N) is 1. The van der Waals surface area contributed by atoms with Gasteiger partial charge in [-0.3, -0.25) is 10.3 Å². The Labute approximate surface area is 244 Å². The number of nitrogens with zero attached hydrogens (tertiary/aromatic N) is 4. The average molecular weight is 594 g/mol. The molecule has 2 aromatic carbocycles. The number of aliphatic hydroxyl groups excluding tert-OH is 1. The lowest BCUT2D eigenvalue weighted by Crippen LogP contribution is -2.32. The first-order valence-corrected chi connectivity index (χ1v) is 13.8. The number of fused-ring (bicyclic) bond motifs is 2. The number of thiazole rings is 1. The average Bonchev–Trinajstić information content (AvgIpc) is 3.37. The number of halogens is 1. The van der Waals surface area contributed by atoms with Crippen LogP contribution >= 0.6 is 11.3 Å². The van der Waals surface area contributed by atoms with Crippen molar-refractivity contribution >= 4 is 44.4 Å². The molecule has 3 aromatic heterocycles. The van der Waals surface area contributed by atoms with Crippen LogP contribution in [0.5, 0.6) is 17.4 Å². The van der Waals surface area contributed by atoms with Crippen LogP contribution in [-0.2, 0) is 4.74 Å². The van der Waals surface area contributed by atoms with Gasteiger partial charge in [-0.1, -0.05) is 0 Å². The van der Waals surface area contributed by atoms with Gasteiger partial charge in [0, 0.05) is 23.8 Å². The maximum absolute atomic E-state index is 15.1. The summed E-state index contributed by atoms with van der Waals surface area (Å²) in [5, 5.41) is 12.1. The molecule has 5 aromatic rings. The van der Waals surface area contributed by atoms with Gasteiger partial charge in [0.15, 0.2) is 11.6 Å². The fourth-order valence-corrected chi connectivity index (χ4v) is 5.08. The highest BCUT2D eigenvalue weighted by molar-refractivity contribution is 7.21. The fraction of sp³-hybridized carbons (Fsp3) is 0.276. The molecular formula is C29H28FN5O6S. The van der Waals surface area contributed by atoms with Crippen LogP contribution in [0.25, 0.3) is 31.8 Å². The first kappa shape index (κ1) is 28.9. The summed E-state index contributed by atoms with van der Waals surface area (Å²) in [5.74, 6) is 0.212. The third kappa shape index (κ3) is 6.47. The van der Waals surface area contributed by atoms with E-state index < -0.39 is 24.1 Å². The first-order chi connectivity index (χ1) is 20.2. The van der Waals surface area contributed by atoms with Gasteiger partial charge in [0.1, 0.15) is 29.6 Å². The van der Waals surface area contributed by atoms with Crippen molar-refractivity contribution in [3.05, 3.63) is 60.3 Å². The van der Waals surface area contributed by atoms with Gasteiger partial charge in [-0.2, -0.15) is 0 Å². The van der Waals surface area contributed by atoms with Crippen LogP contribution in [0.15, 0.2) is 48.9 Å². The first-order valence-electron chi connectivity index (χ1n) is 13.0. The number of anilines is 1. The molecule has 0 aliphatic heterocycles. The number of pyridine rings is 1. The zero-order chi connectivity index (χ0) is 29.8. The number of rotatable bonds is 10. The van der Waals surface area contributed by atoms with Gasteiger partial charge in [-0.05, 0) is 38.5 Å². The molecule has 0 bridgehead atoms. The zero-order valence-electron chi connectivity index (χ0n) is 23.3. The summed E-state index contributed by atoms with van der Waals surface area (Å²) in [6.45, 7) is 5.22. The number of benzene rings is 2. The van der Waals surface area contributed by atoms with E-state index >= 15 is 4.39 Å². The van der Waals surface area contributed by atoms with Gasteiger partial charge in [0.25, 0.3) is 0 Å². The Hall–Kier alpha value is -4.62. The lowest BCUT2D eigenvalue weighted by atomic mass is 10.1. The molecule has 0 aliphatic rings. The van der Waals surface area contributed by atoms with Crippen LogP contribution < -0.4 is 19.5 Å². The zero-order valence-corrected chi connectivity index (χ0v) is 24.1. The molecule has 2 atom stereocenters. The fourth-order valence-electron chi connectivity index (χ4n) is 4.08. The van der Waals surface area contributed by atoms with Gasteiger partial charge < -0.3 is 24.1 Å². The maximum atomic E-state index is 15.1. The Bertz CT molecular complexity index is 1750. The molecule has 42 heavy (non-hydrogen) atoms. The number of ether oxygens (including phenoxy) is 4. The molecule has 0 spiro atoms. The molecule has 5 rings (SSSR count). The molecule has 0 aliphatic carbocycles. The molecule has 3 heterocycles. The Morgan fingerprint density at radius 1 is 1.07 bits per heavy atom. The van der Waals surface area contributed by atoms with Gasteiger partial charge in [0.05, 0.1) is 59.2 Å². The van der Waals surface area contributed by atoms with E-state index in [1.807, 2.05) is 19.1 Å². The SMILES string of the molecule is COc1cnc2c(-c3nc4cc(F)c(O[C@@H](C)[C@@H](C)OC(=O)Nc5cncc(OCCO)c5)cc4s3)cc(C)cc2n1. The second-order valence-corrected chi connectivity index (χ2v) is 10.4. The summed E-state index contributed by atoms with van der Waals surface area (Å²) in [6, 6.07) is 8.34. The van der Waals surface area contributed by atoms with E-state index in [-0.39, 0.29) is 19.0 Å². The summed E-state index contributed by atoms with van der Waals surface area (Å²) in [6.07, 6.45) is 2.28. The Kier molecular flexibility index (Phi) is 8.59. The molecule has 0 radical (unpaired) electrons. The van der Waals surface area contributed by atoms with Crippen molar-refractivity contribution in [3.8, 4) is 28.0 Å². The second-order valence-electron chi connectivity index (χ2n) is 9.40. The number of carbonyl (C=O) groups excluding carboxylic acids is 1. The Balaban J connectivity index is 1.30. The second kappa shape index (κ2) is 12.5. The van der Waals surface area contributed by atoms with Gasteiger partial charge >= 0.3 is 6.09 Å². The highest BCUT2D eigenvalue weighted by atomic mass is 32.1. The summed E-state index contributed by atoms with van der Waals surface area (Å²) in [4.78, 5) is 30.1. The van der Waals surface area contributed by atoms with Crippen molar-refractivity contribution in [1.82, 2.24) is 19.9 Å². The van der Waals surface area contributed by atoms with Crippen molar-refractivity contribution in [2.75, 3.05) is 25.6 Å². The van der Waals surface area contributed by atoms with Crippen LogP contribution in [-0.4, -0.2) is 63.7 Å². The van der Waals surface area contributed by atoms with Gasteiger partial charge in [-0.15, -0.1) is 11.3 Å². The minimum Gasteiger partial charge on any atom is -0.490 e. The maximum Gasteiger partial charge on any atom is 0.412 e. The monoisotopic (exact) mass is 593 g/mol. The number of hydrogen-bond donors (Lipinski definition) is 2. The minimum atomic E-state index is -0.742. The number of methoxy groups -OCH3 is 1. The van der Waals surface area contributed by atoms with Crippen molar-refractivity contribution in [3.63, 3.8) is 0 Å². The topological polar surface area (TPSA) is 138 Å². The third-order valence-electron chi connectivity index (χ3n) is 6.24. The standard InChI is InChI=1S/C29H28FN5O6S/c1-15-7-20(27-23(8-15)34-26(38-4)14-32-27)28-35-22-10-21(30)24(11-25(22)42-28)40-16(2)17(3)41-29(37)33-18-9-19(13-31-12-18)39-6-5-36/h7-14,16-17,36H,5-6H2,1-4H3,(H,33,37)/t16-,17+/m0/s1. The molecule has 0 unspecified atom stereocenters. The van der Waals surface area contributed by atoms with E-state index in [1.54, 1.807) is 32.2 Å². The Morgan fingerprint density at radius 2 is 1.90 bits per heavy atom. The van der Waals surface area contributed by atoms with Crippen LogP contribution in [0.1, 0.15) is 19.4 Å². The van der Waals surface area contributed by atoms with Gasteiger partial charge in [-0.25, -0.2) is 24.1 Å². The number of amides is 1. The van der Waals surface area contributed by atoms with E-state index in [2.05, 4.69) is 25.3 Å². The van der Waals surface area contributed by atoms with E-state index in [9.17, 15) is 4.79 Å². The lowest BCUT2D eigenvalue weighted by molar-refractivity contribution is 0.0402. The summed E-state index contributed by atoms with van der Waals surface area (Å²) in [7, 11) is 1.53. The van der Waals surface area contributed by atoms with Crippen molar-refractivity contribution in [2.24, 2.45) is 0 Å². The van der Waals surface area contributed by atoms with Gasteiger partial charge in [0.2, 0.25) is 5.88 Å². The van der Waals surface area contributed by atoms with E-state index in [1.165, 1.54) is 36.9 Å². The number of aromatic nitrogens is 4. The summed E-state index contributed by atoms with van der Waals surface area (Å²) < 4.78 is 37.6. The molecule has 0 saturated heterocycles. The number of aryl methyl sites for hydroxylation is 1. The van der Waals surface area contributed by atoms with Crippen molar-refractivity contribution in [1.29, 1.82) is 0 Å². The van der Waals surface area contributed by atoms with Crippen molar-refractivity contribution in [2.45, 2.75) is 33.0 Å². The van der Waals surface area contributed by atoms with E-state index in [4.69, 9.17) is 24.1 Å². The number of carbonyl (C=O) groups is 1. The molecule has 11 nitrogen and oxygen atoms in total. The van der Waals surface area contributed by atoms with E-state index in [0.717, 1.165) is 11.1 Å². The summed E-state index contributed by atoms with van der Waals surface area (Å²) in [5.41, 5.74) is 3.91. The Morgan fingerprint density at radius 3 is 2.69 bits per heavy atom. The largest absolute Gasteiger partial charge is 0.490 e. The third-order valence-corrected chi connectivity index (χ3v) is 7.29. The van der Waals surface area contributed by atoms with Crippen LogP contribution in [0.3, 0.4) is 0 Å². The van der Waals surface area contributed by atoms with Crippen molar-refractivity contribution < 1.29 is 33.2 Å². The number of aliphatic hydroxyl groups is 1. The molecule has 2 N–H and O–H groups in total. The van der Waals surface area contributed by atoms with Crippen LogP contribution in [0, 0.1) is 12.7 Å². The quantitative estimate of drug-likeness (QED) is 0.212. The lowest BCUT2D eigenvalue weighted by Gasteiger charge is -2.22. The predicted octanol–water partition coefficient (Wildman–Crippen LogP) is 5.53. The summed E-state index contributed by atoms with van der Waals surface area (Å²) >= 11 is 1.38. The van der Waals surface area contributed by atoms with Crippen LogP contribution in [0.2, 0.25) is 0 Å². The highest BCUT2D eigenvalue weighted by Crippen LogP contribution is 2.37. The normalized spacial score (nSPS) is 12.6. The highest BCUT2D eigenvalue weighted by Gasteiger charge is 2.22. The minimum absolute atomic E-state index is 0.0117.